The molecular weight excluding hydrogens is 240 g/mol. The van der Waals surface area contributed by atoms with Crippen molar-refractivity contribution >= 4 is 23.2 Å². The van der Waals surface area contributed by atoms with Gasteiger partial charge in [-0.2, -0.15) is 0 Å². The van der Waals surface area contributed by atoms with Gasteiger partial charge in [0, 0.05) is 37.2 Å². The van der Waals surface area contributed by atoms with Gasteiger partial charge >= 0.3 is 0 Å². The van der Waals surface area contributed by atoms with E-state index in [0.717, 1.165) is 16.9 Å². The predicted molar refractivity (Wildman–Crippen MR) is 74.8 cm³/mol. The largest absolute Gasteiger partial charge is 0.326 e. The molecule has 0 aliphatic carbocycles. The van der Waals surface area contributed by atoms with Crippen molar-refractivity contribution in [1.29, 1.82) is 0 Å². The molecular formula is C15H16N2O2. The molecule has 0 bridgehead atoms. The minimum Gasteiger partial charge on any atom is -0.326 e. The van der Waals surface area contributed by atoms with Crippen molar-refractivity contribution in [2.75, 3.05) is 16.8 Å². The van der Waals surface area contributed by atoms with Gasteiger partial charge in [-0.25, -0.2) is 0 Å². The first-order chi connectivity index (χ1) is 9.01. The van der Waals surface area contributed by atoms with Gasteiger partial charge in [-0.15, -0.1) is 12.3 Å². The fourth-order valence-corrected chi connectivity index (χ4v) is 2.21. The van der Waals surface area contributed by atoms with Crippen molar-refractivity contribution in [3.05, 3.63) is 23.8 Å². The van der Waals surface area contributed by atoms with Gasteiger partial charge in [0.2, 0.25) is 11.8 Å². The maximum Gasteiger partial charge on any atom is 0.228 e. The van der Waals surface area contributed by atoms with E-state index in [-0.39, 0.29) is 17.7 Å². The lowest BCUT2D eigenvalue weighted by Crippen LogP contribution is -2.24. The molecule has 1 saturated heterocycles. The maximum absolute atomic E-state index is 11.9. The van der Waals surface area contributed by atoms with Crippen LogP contribution < -0.4 is 10.2 Å². The van der Waals surface area contributed by atoms with E-state index >= 15 is 0 Å². The zero-order chi connectivity index (χ0) is 14.0. The third kappa shape index (κ3) is 2.76. The molecule has 1 aromatic rings. The number of aryl methyl sites for hydroxylation is 1. The molecule has 0 radical (unpaired) electrons. The number of benzene rings is 1. The minimum absolute atomic E-state index is 0.0113. The van der Waals surface area contributed by atoms with Crippen LogP contribution in [-0.4, -0.2) is 18.4 Å². The number of amides is 2. The Morgan fingerprint density at radius 1 is 1.53 bits per heavy atom. The molecule has 0 saturated carbocycles. The second-order valence-corrected chi connectivity index (χ2v) is 4.75. The number of anilines is 2. The van der Waals surface area contributed by atoms with E-state index in [0.29, 0.717) is 13.0 Å². The van der Waals surface area contributed by atoms with Crippen LogP contribution in [0.1, 0.15) is 18.9 Å². The Bertz CT molecular complexity index is 572. The van der Waals surface area contributed by atoms with Crippen molar-refractivity contribution in [2.45, 2.75) is 20.3 Å². The van der Waals surface area contributed by atoms with Crippen molar-refractivity contribution in [2.24, 2.45) is 5.92 Å². The molecule has 1 aliphatic rings. The van der Waals surface area contributed by atoms with Crippen LogP contribution in [0.15, 0.2) is 18.2 Å². The first kappa shape index (κ1) is 13.2. The third-order valence-corrected chi connectivity index (χ3v) is 3.19. The number of carbonyl (C=O) groups excluding carboxylic acids is 2. The van der Waals surface area contributed by atoms with Crippen molar-refractivity contribution in [1.82, 2.24) is 0 Å². The molecule has 2 amide bonds. The second kappa shape index (κ2) is 5.15. The summed E-state index contributed by atoms with van der Waals surface area (Å²) in [6, 6.07) is 5.53. The summed E-state index contributed by atoms with van der Waals surface area (Å²) in [5, 5.41) is 2.75. The second-order valence-electron chi connectivity index (χ2n) is 4.75. The van der Waals surface area contributed by atoms with Gasteiger partial charge in [0.15, 0.2) is 0 Å². The Morgan fingerprint density at radius 2 is 2.26 bits per heavy atom. The fourth-order valence-electron chi connectivity index (χ4n) is 2.21. The highest BCUT2D eigenvalue weighted by atomic mass is 16.2. The van der Waals surface area contributed by atoms with E-state index in [4.69, 9.17) is 6.42 Å². The molecule has 1 aromatic carbocycles. The van der Waals surface area contributed by atoms with Gasteiger partial charge < -0.3 is 10.2 Å². The van der Waals surface area contributed by atoms with Crippen molar-refractivity contribution in [3.63, 3.8) is 0 Å². The van der Waals surface area contributed by atoms with Crippen LogP contribution in [0.25, 0.3) is 0 Å². The van der Waals surface area contributed by atoms with E-state index < -0.39 is 0 Å². The minimum atomic E-state index is -0.111. The van der Waals surface area contributed by atoms with Crippen LogP contribution in [0, 0.1) is 25.2 Å². The molecule has 1 aliphatic heterocycles. The summed E-state index contributed by atoms with van der Waals surface area (Å²) in [4.78, 5) is 24.6. The molecule has 98 valence electrons. The Kier molecular flexibility index (Phi) is 3.57. The molecule has 0 aromatic heterocycles. The number of rotatable bonds is 2. The summed E-state index contributed by atoms with van der Waals surface area (Å²) in [7, 11) is 0. The van der Waals surface area contributed by atoms with Crippen LogP contribution in [0.5, 0.6) is 0 Å². The SMILES string of the molecule is C#CC1CC(=O)N(c2ccc(NC(C)=O)c(C)c2)C1. The molecule has 19 heavy (non-hydrogen) atoms. The van der Waals surface area contributed by atoms with E-state index in [1.807, 2.05) is 25.1 Å². The van der Waals surface area contributed by atoms with Gasteiger partial charge in [-0.1, -0.05) is 0 Å². The van der Waals surface area contributed by atoms with E-state index in [1.165, 1.54) is 6.92 Å². The van der Waals surface area contributed by atoms with E-state index in [1.54, 1.807) is 4.90 Å². The van der Waals surface area contributed by atoms with Crippen LogP contribution in [0.3, 0.4) is 0 Å². The molecule has 1 fully saturated rings. The van der Waals surface area contributed by atoms with Crippen LogP contribution in [-0.2, 0) is 9.59 Å². The summed E-state index contributed by atoms with van der Waals surface area (Å²) in [5.74, 6) is 2.56. The molecule has 2 rings (SSSR count). The molecule has 4 nitrogen and oxygen atoms in total. The smallest absolute Gasteiger partial charge is 0.228 e. The van der Waals surface area contributed by atoms with Gasteiger partial charge in [-0.05, 0) is 30.7 Å². The average Bonchev–Trinajstić information content (AvgIpc) is 2.73. The van der Waals surface area contributed by atoms with Gasteiger partial charge in [0.25, 0.3) is 0 Å². The lowest BCUT2D eigenvalue weighted by atomic mass is 10.1. The first-order valence-corrected chi connectivity index (χ1v) is 6.16. The molecule has 1 unspecified atom stereocenters. The number of nitrogens with zero attached hydrogens (tertiary/aromatic N) is 1. The summed E-state index contributed by atoms with van der Waals surface area (Å²) in [6.45, 7) is 3.93. The Hall–Kier alpha value is -2.28. The lowest BCUT2D eigenvalue weighted by molar-refractivity contribution is -0.117. The van der Waals surface area contributed by atoms with Crippen LogP contribution >= 0.6 is 0 Å². The number of carbonyl (C=O) groups is 2. The summed E-state index contributed by atoms with van der Waals surface area (Å²) in [6.07, 6.45) is 5.77. The Morgan fingerprint density at radius 3 is 2.79 bits per heavy atom. The zero-order valence-electron chi connectivity index (χ0n) is 11.1. The number of nitrogens with one attached hydrogen (secondary N) is 1. The monoisotopic (exact) mass is 256 g/mol. The normalized spacial score (nSPS) is 18.3. The standard InChI is InChI=1S/C15H16N2O2/c1-4-12-8-15(19)17(9-12)13-5-6-14(10(2)7-13)16-11(3)18/h1,5-7,12H,8-9H2,2-3H3,(H,16,18). The topological polar surface area (TPSA) is 49.4 Å². The van der Waals surface area contributed by atoms with Crippen LogP contribution in [0.2, 0.25) is 0 Å². The van der Waals surface area contributed by atoms with Crippen molar-refractivity contribution < 1.29 is 9.59 Å². The summed E-state index contributed by atoms with van der Waals surface area (Å²) < 4.78 is 0. The fraction of sp³-hybridized carbons (Fsp3) is 0.333. The number of terminal acetylenes is 1. The van der Waals surface area contributed by atoms with Crippen LogP contribution in [0.4, 0.5) is 11.4 Å². The number of hydrogen-bond acceptors (Lipinski definition) is 2. The molecule has 4 heteroatoms. The predicted octanol–water partition coefficient (Wildman–Crippen LogP) is 1.94. The van der Waals surface area contributed by atoms with E-state index in [2.05, 4.69) is 11.2 Å². The van der Waals surface area contributed by atoms with Gasteiger partial charge in [-0.3, -0.25) is 9.59 Å². The van der Waals surface area contributed by atoms with Crippen molar-refractivity contribution in [3.8, 4) is 12.3 Å². The summed E-state index contributed by atoms with van der Waals surface area (Å²) >= 11 is 0. The Balaban J connectivity index is 2.23. The highest BCUT2D eigenvalue weighted by Crippen LogP contribution is 2.28. The third-order valence-electron chi connectivity index (χ3n) is 3.19. The Labute approximate surface area is 112 Å². The first-order valence-electron chi connectivity index (χ1n) is 6.16. The highest BCUT2D eigenvalue weighted by molar-refractivity contribution is 5.97. The molecule has 1 atom stereocenters. The average molecular weight is 256 g/mol. The number of hydrogen-bond donors (Lipinski definition) is 1. The molecule has 1 N–H and O–H groups in total. The van der Waals surface area contributed by atoms with E-state index in [9.17, 15) is 9.59 Å². The maximum atomic E-state index is 11.9. The molecule has 0 spiro atoms. The van der Waals surface area contributed by atoms with Gasteiger partial charge in [0.05, 0.1) is 0 Å². The molecule has 1 heterocycles. The van der Waals surface area contributed by atoms with Gasteiger partial charge in [0.1, 0.15) is 0 Å². The lowest BCUT2D eigenvalue weighted by Gasteiger charge is -2.18. The summed E-state index contributed by atoms with van der Waals surface area (Å²) in [5.41, 5.74) is 2.51. The zero-order valence-corrected chi connectivity index (χ0v) is 11.1. The quantitative estimate of drug-likeness (QED) is 0.822. The highest BCUT2D eigenvalue weighted by Gasteiger charge is 2.29.